The van der Waals surface area contributed by atoms with E-state index in [0.29, 0.717) is 32.7 Å². The molecular weight excluding hydrogens is 479 g/mol. The Balaban J connectivity index is 1.53. The van der Waals surface area contributed by atoms with E-state index in [1.54, 1.807) is 66.7 Å². The molecule has 0 bridgehead atoms. The van der Waals surface area contributed by atoms with Gasteiger partial charge in [-0.15, -0.1) is 0 Å². The Labute approximate surface area is 205 Å². The van der Waals surface area contributed by atoms with Crippen molar-refractivity contribution in [3.05, 3.63) is 87.9 Å². The average molecular weight is 499 g/mol. The van der Waals surface area contributed by atoms with E-state index in [9.17, 15) is 14.4 Å². The zero-order chi connectivity index (χ0) is 24.5. The van der Waals surface area contributed by atoms with Crippen LogP contribution < -0.4 is 20.8 Å². The van der Waals surface area contributed by atoms with E-state index < -0.39 is 11.8 Å². The van der Waals surface area contributed by atoms with Gasteiger partial charge in [-0.05, 0) is 61.0 Å². The minimum atomic E-state index is -0.964. The van der Waals surface area contributed by atoms with Gasteiger partial charge in [0, 0.05) is 27.0 Å². The van der Waals surface area contributed by atoms with Crippen LogP contribution in [0.5, 0.6) is 5.75 Å². The molecule has 3 rings (SSSR count). The lowest BCUT2D eigenvalue weighted by molar-refractivity contribution is -0.136. The highest BCUT2D eigenvalue weighted by Gasteiger charge is 2.13. The van der Waals surface area contributed by atoms with Crippen molar-refractivity contribution < 1.29 is 19.1 Å². The minimum absolute atomic E-state index is 0.249. The molecule has 3 aromatic carbocycles. The zero-order valence-electron chi connectivity index (χ0n) is 18.0. The molecule has 0 radical (unpaired) electrons. The van der Waals surface area contributed by atoms with Crippen molar-refractivity contribution in [1.82, 2.24) is 5.43 Å². The molecule has 0 aliphatic rings. The number of hydrazone groups is 1. The van der Waals surface area contributed by atoms with E-state index in [2.05, 4.69) is 21.2 Å². The Hall–Kier alpha value is -3.88. The van der Waals surface area contributed by atoms with E-state index in [1.165, 1.54) is 6.21 Å². The van der Waals surface area contributed by atoms with E-state index in [1.807, 2.05) is 6.92 Å². The van der Waals surface area contributed by atoms with Crippen molar-refractivity contribution in [2.45, 2.75) is 6.92 Å². The summed E-state index contributed by atoms with van der Waals surface area (Å²) >= 11 is 11.8. The number of carbonyl (C=O) groups is 3. The summed E-state index contributed by atoms with van der Waals surface area (Å²) in [5.41, 5.74) is 4.45. The standard InChI is InChI=1S/C24H20Cl2N4O4/c1-15-6-9-19(12-20(15)26)29-23(32)24(33)30-27-13-16-4-2-3-5-21(16)34-14-22(31)28-18-10-7-17(25)8-11-18/h2-13H,14H2,1H3,(H,28,31)(H,29,32)(H,30,33)/b27-13-. The number of carbonyl (C=O) groups excluding carboxylic acids is 3. The highest BCUT2D eigenvalue weighted by atomic mass is 35.5. The number of nitrogens with zero attached hydrogens (tertiary/aromatic N) is 1. The van der Waals surface area contributed by atoms with Crippen LogP contribution in [0.3, 0.4) is 0 Å². The molecule has 0 aliphatic heterocycles. The fraction of sp³-hybridized carbons (Fsp3) is 0.0833. The Bertz CT molecular complexity index is 1230. The number of nitrogens with one attached hydrogen (secondary N) is 3. The van der Waals surface area contributed by atoms with Gasteiger partial charge in [-0.25, -0.2) is 5.43 Å². The second-order valence-electron chi connectivity index (χ2n) is 7.00. The van der Waals surface area contributed by atoms with Crippen LogP contribution in [0.1, 0.15) is 11.1 Å². The van der Waals surface area contributed by atoms with Gasteiger partial charge in [-0.1, -0.05) is 41.4 Å². The van der Waals surface area contributed by atoms with Gasteiger partial charge in [0.1, 0.15) is 5.75 Å². The summed E-state index contributed by atoms with van der Waals surface area (Å²) in [6.07, 6.45) is 1.31. The van der Waals surface area contributed by atoms with Crippen LogP contribution in [0.15, 0.2) is 71.8 Å². The molecule has 3 N–H and O–H groups in total. The second-order valence-corrected chi connectivity index (χ2v) is 7.84. The fourth-order valence-corrected chi connectivity index (χ4v) is 2.97. The molecule has 0 unspecified atom stereocenters. The zero-order valence-corrected chi connectivity index (χ0v) is 19.5. The third kappa shape index (κ3) is 7.33. The molecule has 3 aromatic rings. The van der Waals surface area contributed by atoms with E-state index in [0.717, 1.165) is 5.56 Å². The van der Waals surface area contributed by atoms with Gasteiger partial charge in [0.05, 0.1) is 6.21 Å². The van der Waals surface area contributed by atoms with Gasteiger partial charge < -0.3 is 15.4 Å². The van der Waals surface area contributed by atoms with E-state index in [4.69, 9.17) is 27.9 Å². The Morgan fingerprint density at radius 2 is 1.62 bits per heavy atom. The number of amides is 3. The molecule has 174 valence electrons. The number of para-hydroxylation sites is 1. The van der Waals surface area contributed by atoms with Crippen molar-refractivity contribution in [2.75, 3.05) is 17.2 Å². The predicted molar refractivity (Wildman–Crippen MR) is 133 cm³/mol. The van der Waals surface area contributed by atoms with Crippen molar-refractivity contribution in [3.8, 4) is 5.75 Å². The van der Waals surface area contributed by atoms with Crippen LogP contribution >= 0.6 is 23.2 Å². The number of aryl methyl sites for hydroxylation is 1. The van der Waals surface area contributed by atoms with Gasteiger partial charge in [0.15, 0.2) is 6.61 Å². The van der Waals surface area contributed by atoms with Crippen molar-refractivity contribution in [2.24, 2.45) is 5.10 Å². The van der Waals surface area contributed by atoms with Gasteiger partial charge >= 0.3 is 11.8 Å². The first-order valence-electron chi connectivity index (χ1n) is 9.99. The van der Waals surface area contributed by atoms with Crippen LogP contribution in [-0.4, -0.2) is 30.5 Å². The third-order valence-electron chi connectivity index (χ3n) is 4.41. The molecule has 0 saturated carbocycles. The Morgan fingerprint density at radius 3 is 2.35 bits per heavy atom. The summed E-state index contributed by atoms with van der Waals surface area (Å²) in [7, 11) is 0. The van der Waals surface area contributed by atoms with Gasteiger partial charge in [0.25, 0.3) is 5.91 Å². The summed E-state index contributed by atoms with van der Waals surface area (Å²) in [6, 6.07) is 18.3. The summed E-state index contributed by atoms with van der Waals surface area (Å²) in [4.78, 5) is 36.2. The number of benzene rings is 3. The first kappa shape index (κ1) is 24.8. The molecule has 0 spiro atoms. The number of halogens is 2. The van der Waals surface area contributed by atoms with Crippen LogP contribution in [0.4, 0.5) is 11.4 Å². The SMILES string of the molecule is Cc1ccc(NC(=O)C(=O)N/N=C\c2ccccc2OCC(=O)Nc2ccc(Cl)cc2)cc1Cl. The molecule has 0 saturated heterocycles. The number of ether oxygens (including phenoxy) is 1. The highest BCUT2D eigenvalue weighted by molar-refractivity contribution is 6.40. The largest absolute Gasteiger partial charge is 0.483 e. The lowest BCUT2D eigenvalue weighted by Crippen LogP contribution is -2.32. The smallest absolute Gasteiger partial charge is 0.329 e. The number of hydrogen-bond acceptors (Lipinski definition) is 5. The lowest BCUT2D eigenvalue weighted by Gasteiger charge is -2.09. The molecule has 0 heterocycles. The monoisotopic (exact) mass is 498 g/mol. The fourth-order valence-electron chi connectivity index (χ4n) is 2.66. The number of anilines is 2. The lowest BCUT2D eigenvalue weighted by atomic mass is 10.2. The maximum Gasteiger partial charge on any atom is 0.329 e. The molecule has 0 fully saturated rings. The maximum absolute atomic E-state index is 12.1. The number of rotatable bonds is 7. The molecule has 10 heteroatoms. The van der Waals surface area contributed by atoms with E-state index in [-0.39, 0.29) is 12.5 Å². The Morgan fingerprint density at radius 1 is 0.912 bits per heavy atom. The summed E-state index contributed by atoms with van der Waals surface area (Å²) in [5, 5.41) is 9.95. The molecular formula is C24H20Cl2N4O4. The van der Waals surface area contributed by atoms with Crippen LogP contribution in [0.2, 0.25) is 10.0 Å². The third-order valence-corrected chi connectivity index (χ3v) is 5.07. The topological polar surface area (TPSA) is 109 Å². The van der Waals surface area contributed by atoms with Crippen molar-refractivity contribution in [1.29, 1.82) is 0 Å². The highest BCUT2D eigenvalue weighted by Crippen LogP contribution is 2.20. The quantitative estimate of drug-likeness (QED) is 0.254. The molecule has 0 atom stereocenters. The van der Waals surface area contributed by atoms with Gasteiger partial charge in [0.2, 0.25) is 0 Å². The Kier molecular flexibility index (Phi) is 8.61. The van der Waals surface area contributed by atoms with Crippen LogP contribution in [-0.2, 0) is 14.4 Å². The summed E-state index contributed by atoms with van der Waals surface area (Å²) in [6.45, 7) is 1.57. The van der Waals surface area contributed by atoms with E-state index >= 15 is 0 Å². The van der Waals surface area contributed by atoms with Crippen LogP contribution in [0.25, 0.3) is 0 Å². The van der Waals surface area contributed by atoms with Gasteiger partial charge in [-0.3, -0.25) is 14.4 Å². The summed E-state index contributed by atoms with van der Waals surface area (Å²) < 4.78 is 5.57. The number of hydrogen-bond donors (Lipinski definition) is 3. The first-order chi connectivity index (χ1) is 16.3. The average Bonchev–Trinajstić information content (AvgIpc) is 2.82. The molecule has 0 aromatic heterocycles. The molecule has 3 amide bonds. The maximum atomic E-state index is 12.1. The molecule has 8 nitrogen and oxygen atoms in total. The second kappa shape index (κ2) is 11.8. The normalized spacial score (nSPS) is 10.6. The summed E-state index contributed by atoms with van der Waals surface area (Å²) in [5.74, 6) is -1.87. The molecule has 0 aliphatic carbocycles. The van der Waals surface area contributed by atoms with Crippen molar-refractivity contribution >= 4 is 58.5 Å². The predicted octanol–water partition coefficient (Wildman–Crippen LogP) is 4.41. The van der Waals surface area contributed by atoms with Gasteiger partial charge in [-0.2, -0.15) is 5.10 Å². The van der Waals surface area contributed by atoms with Crippen LogP contribution in [0, 0.1) is 6.92 Å². The van der Waals surface area contributed by atoms with Crippen molar-refractivity contribution in [3.63, 3.8) is 0 Å². The first-order valence-corrected chi connectivity index (χ1v) is 10.7. The molecule has 34 heavy (non-hydrogen) atoms. The minimum Gasteiger partial charge on any atom is -0.483 e.